The summed E-state index contributed by atoms with van der Waals surface area (Å²) in [6, 6.07) is 0. The summed E-state index contributed by atoms with van der Waals surface area (Å²) in [7, 11) is 0. The van der Waals surface area contributed by atoms with Crippen molar-refractivity contribution in [2.24, 2.45) is 0 Å². The molecule has 0 heterocycles. The predicted octanol–water partition coefficient (Wildman–Crippen LogP) is 0.497. The fourth-order valence-electron chi connectivity index (χ4n) is 0.133. The first kappa shape index (κ1) is 7.39. The highest BCUT2D eigenvalue weighted by molar-refractivity contribution is 7.74. The van der Waals surface area contributed by atoms with Crippen LogP contribution in [0.1, 0.15) is 0 Å². The smallest absolute Gasteiger partial charge is 0.138 e. The average molecular weight is 133 g/mol. The Hall–Kier alpha value is -0.610. The summed E-state index contributed by atoms with van der Waals surface area (Å²) in [6.07, 6.45) is 3.80. The SMILES string of the molecule is C=CC=COS(=O)[O-]. The maximum Gasteiger partial charge on any atom is 0.138 e. The topological polar surface area (TPSA) is 49.4 Å². The van der Waals surface area contributed by atoms with Crippen molar-refractivity contribution in [1.82, 2.24) is 0 Å². The molecule has 0 amide bonds. The van der Waals surface area contributed by atoms with Gasteiger partial charge in [0.2, 0.25) is 0 Å². The molecule has 0 radical (unpaired) electrons. The van der Waals surface area contributed by atoms with Gasteiger partial charge in [0.1, 0.15) is 17.6 Å². The summed E-state index contributed by atoms with van der Waals surface area (Å²) in [5, 5.41) is 0. The fourth-order valence-corrected chi connectivity index (χ4v) is 0.288. The second kappa shape index (κ2) is 4.55. The number of hydrogen-bond donors (Lipinski definition) is 0. The minimum atomic E-state index is -2.45. The van der Waals surface area contributed by atoms with Gasteiger partial charge in [0.25, 0.3) is 0 Å². The highest BCUT2D eigenvalue weighted by atomic mass is 32.2. The van der Waals surface area contributed by atoms with Crippen LogP contribution in [0.15, 0.2) is 25.0 Å². The van der Waals surface area contributed by atoms with E-state index in [1.165, 1.54) is 12.2 Å². The molecule has 4 heteroatoms. The molecule has 0 spiro atoms. The van der Waals surface area contributed by atoms with Gasteiger partial charge in [-0.05, 0) is 6.08 Å². The molecule has 0 saturated carbocycles. The second-order valence-electron chi connectivity index (χ2n) is 0.865. The van der Waals surface area contributed by atoms with Gasteiger partial charge in [0, 0.05) is 0 Å². The zero-order valence-electron chi connectivity index (χ0n) is 4.07. The number of rotatable bonds is 3. The molecule has 0 aliphatic carbocycles. The Morgan fingerprint density at radius 2 is 2.38 bits per heavy atom. The maximum atomic E-state index is 9.57. The first-order chi connectivity index (χ1) is 3.77. The van der Waals surface area contributed by atoms with E-state index in [0.717, 1.165) is 6.26 Å². The fraction of sp³-hybridized carbons (Fsp3) is 0. The Morgan fingerprint density at radius 1 is 1.75 bits per heavy atom. The summed E-state index contributed by atoms with van der Waals surface area (Å²) in [6.45, 7) is 3.29. The third kappa shape index (κ3) is 5.39. The van der Waals surface area contributed by atoms with Crippen molar-refractivity contribution in [3.8, 4) is 0 Å². The third-order valence-electron chi connectivity index (χ3n) is 0.349. The normalized spacial score (nSPS) is 13.6. The lowest BCUT2D eigenvalue weighted by Gasteiger charge is -1.98. The average Bonchev–Trinajstić information content (AvgIpc) is 1.66. The van der Waals surface area contributed by atoms with E-state index in [0.29, 0.717) is 0 Å². The van der Waals surface area contributed by atoms with Gasteiger partial charge >= 0.3 is 0 Å². The predicted molar refractivity (Wildman–Crippen MR) is 29.3 cm³/mol. The van der Waals surface area contributed by atoms with Gasteiger partial charge in [0.05, 0.1) is 0 Å². The number of hydrogen-bond acceptors (Lipinski definition) is 3. The molecule has 1 atom stereocenters. The Kier molecular flexibility index (Phi) is 4.20. The van der Waals surface area contributed by atoms with Crippen molar-refractivity contribution < 1.29 is 12.9 Å². The van der Waals surface area contributed by atoms with E-state index in [2.05, 4.69) is 10.8 Å². The molecular weight excluding hydrogens is 128 g/mol. The first-order valence-corrected chi connectivity index (χ1v) is 2.81. The van der Waals surface area contributed by atoms with Gasteiger partial charge in [-0.3, -0.25) is 0 Å². The molecule has 46 valence electrons. The Morgan fingerprint density at radius 3 is 2.75 bits per heavy atom. The monoisotopic (exact) mass is 133 g/mol. The maximum absolute atomic E-state index is 9.57. The molecule has 1 unspecified atom stereocenters. The van der Waals surface area contributed by atoms with E-state index in [-0.39, 0.29) is 0 Å². The molecule has 0 bridgehead atoms. The lowest BCUT2D eigenvalue weighted by Crippen LogP contribution is -1.85. The van der Waals surface area contributed by atoms with Crippen LogP contribution < -0.4 is 0 Å². The van der Waals surface area contributed by atoms with Crippen molar-refractivity contribution in [2.75, 3.05) is 0 Å². The minimum absolute atomic E-state index is 1.02. The molecule has 0 aliphatic heterocycles. The van der Waals surface area contributed by atoms with Crippen LogP contribution in [0, 0.1) is 0 Å². The van der Waals surface area contributed by atoms with Gasteiger partial charge in [-0.2, -0.15) is 0 Å². The van der Waals surface area contributed by atoms with Crippen LogP contribution >= 0.6 is 0 Å². The van der Waals surface area contributed by atoms with Gasteiger partial charge < -0.3 is 8.74 Å². The van der Waals surface area contributed by atoms with E-state index in [4.69, 9.17) is 0 Å². The van der Waals surface area contributed by atoms with Crippen molar-refractivity contribution in [1.29, 1.82) is 0 Å². The Labute approximate surface area is 50.2 Å². The van der Waals surface area contributed by atoms with Crippen LogP contribution in [0.2, 0.25) is 0 Å². The van der Waals surface area contributed by atoms with E-state index in [9.17, 15) is 8.76 Å². The van der Waals surface area contributed by atoms with Crippen LogP contribution in [0.25, 0.3) is 0 Å². The molecule has 3 nitrogen and oxygen atoms in total. The lowest BCUT2D eigenvalue weighted by molar-refractivity contribution is 0.405. The van der Waals surface area contributed by atoms with Crippen molar-refractivity contribution >= 4 is 11.4 Å². The van der Waals surface area contributed by atoms with Crippen LogP contribution in [-0.4, -0.2) is 8.76 Å². The van der Waals surface area contributed by atoms with Crippen molar-refractivity contribution in [3.05, 3.63) is 25.0 Å². The van der Waals surface area contributed by atoms with Gasteiger partial charge in [0.15, 0.2) is 0 Å². The highest BCUT2D eigenvalue weighted by Crippen LogP contribution is 1.79. The highest BCUT2D eigenvalue weighted by Gasteiger charge is 1.68. The Bertz CT molecular complexity index is 118. The molecule has 0 aromatic carbocycles. The van der Waals surface area contributed by atoms with E-state index >= 15 is 0 Å². The van der Waals surface area contributed by atoms with Gasteiger partial charge in [-0.25, -0.2) is 4.21 Å². The summed E-state index contributed by atoms with van der Waals surface area (Å²) in [4.78, 5) is 0. The quantitative estimate of drug-likeness (QED) is 0.320. The summed E-state index contributed by atoms with van der Waals surface area (Å²) in [5.74, 6) is 0. The van der Waals surface area contributed by atoms with Gasteiger partial charge in [-0.1, -0.05) is 12.7 Å². The largest absolute Gasteiger partial charge is 0.740 e. The van der Waals surface area contributed by atoms with E-state index < -0.39 is 11.4 Å². The molecule has 0 saturated heterocycles. The standard InChI is InChI=1S/C4H6O3S/c1-2-3-4-7-8(5)6/h2-4H,1H2,(H,5,6)/p-1. The van der Waals surface area contributed by atoms with Crippen molar-refractivity contribution in [2.45, 2.75) is 0 Å². The molecule has 0 aromatic rings. The summed E-state index contributed by atoms with van der Waals surface area (Å²) < 4.78 is 23.1. The zero-order valence-corrected chi connectivity index (χ0v) is 4.89. The minimum Gasteiger partial charge on any atom is -0.740 e. The van der Waals surface area contributed by atoms with E-state index in [1.807, 2.05) is 0 Å². The van der Waals surface area contributed by atoms with Crippen LogP contribution in [0.3, 0.4) is 0 Å². The lowest BCUT2D eigenvalue weighted by atomic mass is 10.6. The molecule has 0 fully saturated rings. The first-order valence-electron chi connectivity index (χ1n) is 1.81. The molecule has 0 rings (SSSR count). The second-order valence-corrected chi connectivity index (χ2v) is 1.47. The Balaban J connectivity index is 3.29. The molecule has 8 heavy (non-hydrogen) atoms. The van der Waals surface area contributed by atoms with E-state index in [1.54, 1.807) is 0 Å². The third-order valence-corrected chi connectivity index (χ3v) is 0.617. The van der Waals surface area contributed by atoms with Crippen LogP contribution in [-0.2, 0) is 15.5 Å². The molecule has 0 aliphatic rings. The van der Waals surface area contributed by atoms with Crippen molar-refractivity contribution in [3.63, 3.8) is 0 Å². The summed E-state index contributed by atoms with van der Waals surface area (Å²) in [5.41, 5.74) is 0. The van der Waals surface area contributed by atoms with Crippen LogP contribution in [0.5, 0.6) is 0 Å². The molecule has 0 aromatic heterocycles. The number of allylic oxidation sites excluding steroid dienone is 2. The zero-order chi connectivity index (χ0) is 6.41. The molecule has 0 N–H and O–H groups in total. The van der Waals surface area contributed by atoms with Gasteiger partial charge in [-0.15, -0.1) is 0 Å². The molecular formula is C4H5O3S-. The van der Waals surface area contributed by atoms with Crippen LogP contribution in [0.4, 0.5) is 0 Å². The summed E-state index contributed by atoms with van der Waals surface area (Å²) >= 11 is -2.45.